The number of likely N-dealkylation sites (tertiary alicyclic amines) is 1. The van der Waals surface area contributed by atoms with Gasteiger partial charge in [-0.2, -0.15) is 0 Å². The van der Waals surface area contributed by atoms with Gasteiger partial charge in [-0.1, -0.05) is 18.2 Å². The van der Waals surface area contributed by atoms with Crippen LogP contribution in [0.3, 0.4) is 0 Å². The van der Waals surface area contributed by atoms with Crippen LogP contribution in [0.4, 0.5) is 5.69 Å². The molecule has 120 valence electrons. The van der Waals surface area contributed by atoms with Gasteiger partial charge in [0.1, 0.15) is 0 Å². The third-order valence-electron chi connectivity index (χ3n) is 5.17. The van der Waals surface area contributed by atoms with Gasteiger partial charge in [0.05, 0.1) is 6.54 Å². The lowest BCUT2D eigenvalue weighted by Gasteiger charge is -2.29. The van der Waals surface area contributed by atoms with Crippen molar-refractivity contribution in [1.29, 1.82) is 0 Å². The molecule has 2 aliphatic rings. The lowest BCUT2D eigenvalue weighted by atomic mass is 9.98. The Bertz CT molecular complexity index is 516. The van der Waals surface area contributed by atoms with E-state index in [2.05, 4.69) is 18.7 Å². The predicted octanol–water partition coefficient (Wildman–Crippen LogP) is 2.10. The number of benzene rings is 1. The van der Waals surface area contributed by atoms with Gasteiger partial charge in [-0.05, 0) is 50.7 Å². The summed E-state index contributed by atoms with van der Waals surface area (Å²) in [6.07, 6.45) is 2.38. The third-order valence-corrected chi connectivity index (χ3v) is 5.17. The summed E-state index contributed by atoms with van der Waals surface area (Å²) in [7, 11) is 0. The van der Waals surface area contributed by atoms with Gasteiger partial charge < -0.3 is 10.6 Å². The zero-order valence-corrected chi connectivity index (χ0v) is 13.6. The lowest BCUT2D eigenvalue weighted by molar-refractivity contribution is -0.119. The molecular weight excluding hydrogens is 274 g/mol. The molecule has 0 aromatic heterocycles. The van der Waals surface area contributed by atoms with Gasteiger partial charge in [0.2, 0.25) is 5.91 Å². The Hall–Kier alpha value is -1.39. The molecular formula is C18H27N3O. The molecule has 3 rings (SSSR count). The fraction of sp³-hybridized carbons (Fsp3) is 0.611. The molecule has 0 spiro atoms. The minimum absolute atomic E-state index is 0.166. The van der Waals surface area contributed by atoms with Crippen molar-refractivity contribution >= 4 is 11.6 Å². The summed E-state index contributed by atoms with van der Waals surface area (Å²) < 4.78 is 0. The largest absolute Gasteiger partial charge is 0.327 e. The summed E-state index contributed by atoms with van der Waals surface area (Å²) in [6.45, 7) is 6.66. The molecule has 4 nitrogen and oxygen atoms in total. The quantitative estimate of drug-likeness (QED) is 0.926. The maximum atomic E-state index is 12.8. The van der Waals surface area contributed by atoms with Gasteiger partial charge >= 0.3 is 0 Å². The molecule has 1 aliphatic carbocycles. The van der Waals surface area contributed by atoms with Crippen molar-refractivity contribution in [2.75, 3.05) is 24.5 Å². The molecule has 22 heavy (non-hydrogen) atoms. The van der Waals surface area contributed by atoms with E-state index in [9.17, 15) is 4.79 Å². The van der Waals surface area contributed by atoms with Gasteiger partial charge in [-0.25, -0.2) is 0 Å². The van der Waals surface area contributed by atoms with Gasteiger partial charge in [0.15, 0.2) is 0 Å². The molecule has 1 aromatic carbocycles. The van der Waals surface area contributed by atoms with E-state index in [1.807, 2.05) is 35.2 Å². The molecule has 0 bridgehead atoms. The molecule has 0 radical (unpaired) electrons. The minimum Gasteiger partial charge on any atom is -0.327 e. The molecule has 3 unspecified atom stereocenters. The summed E-state index contributed by atoms with van der Waals surface area (Å²) in [6, 6.07) is 10.5. The highest BCUT2D eigenvalue weighted by Crippen LogP contribution is 2.37. The summed E-state index contributed by atoms with van der Waals surface area (Å²) in [5, 5.41) is 0. The second-order valence-corrected chi connectivity index (χ2v) is 7.05. The van der Waals surface area contributed by atoms with Crippen LogP contribution in [0.1, 0.15) is 26.7 Å². The number of anilines is 1. The van der Waals surface area contributed by atoms with E-state index >= 15 is 0 Å². The number of carbonyl (C=O) groups is 1. The number of rotatable bonds is 4. The molecule has 2 fully saturated rings. The molecule has 4 heteroatoms. The van der Waals surface area contributed by atoms with Crippen molar-refractivity contribution in [3.63, 3.8) is 0 Å². The van der Waals surface area contributed by atoms with E-state index in [1.54, 1.807) is 0 Å². The number of nitrogens with two attached hydrogens (primary N) is 1. The third kappa shape index (κ3) is 3.03. The van der Waals surface area contributed by atoms with Crippen molar-refractivity contribution in [2.24, 2.45) is 17.6 Å². The van der Waals surface area contributed by atoms with Crippen LogP contribution in [0.5, 0.6) is 0 Å². The standard InChI is InChI=1S/C18H27N3O/c1-13(2)21(15-6-4-3-5-7-15)18(22)12-20-10-14-8-9-17(19)16(14)11-20/h3-7,13-14,16-17H,8-12,19H2,1-2H3. The number of nitrogens with zero attached hydrogens (tertiary/aromatic N) is 2. The van der Waals surface area contributed by atoms with Crippen LogP contribution >= 0.6 is 0 Å². The second kappa shape index (κ2) is 6.39. The first-order valence-electron chi connectivity index (χ1n) is 8.41. The second-order valence-electron chi connectivity index (χ2n) is 7.05. The normalized spacial score (nSPS) is 28.1. The van der Waals surface area contributed by atoms with Crippen LogP contribution in [0.25, 0.3) is 0 Å². The van der Waals surface area contributed by atoms with Crippen molar-refractivity contribution in [1.82, 2.24) is 4.90 Å². The molecule has 1 heterocycles. The summed E-state index contributed by atoms with van der Waals surface area (Å²) >= 11 is 0. The maximum absolute atomic E-state index is 12.8. The molecule has 1 amide bonds. The number of amides is 1. The average Bonchev–Trinajstić information content (AvgIpc) is 3.02. The minimum atomic E-state index is 0.166. The Balaban J connectivity index is 1.65. The summed E-state index contributed by atoms with van der Waals surface area (Å²) in [4.78, 5) is 17.0. The topological polar surface area (TPSA) is 49.6 Å². The number of para-hydroxylation sites is 1. The summed E-state index contributed by atoms with van der Waals surface area (Å²) in [5.74, 6) is 1.48. The lowest BCUT2D eigenvalue weighted by Crippen LogP contribution is -2.44. The van der Waals surface area contributed by atoms with E-state index in [-0.39, 0.29) is 11.9 Å². The SMILES string of the molecule is CC(C)N(C(=O)CN1CC2CCC(N)C2C1)c1ccccc1. The van der Waals surface area contributed by atoms with Crippen LogP contribution in [0.15, 0.2) is 30.3 Å². The van der Waals surface area contributed by atoms with Gasteiger partial charge in [-0.3, -0.25) is 9.69 Å². The highest BCUT2D eigenvalue weighted by atomic mass is 16.2. The van der Waals surface area contributed by atoms with Crippen molar-refractivity contribution in [2.45, 2.75) is 38.8 Å². The molecule has 1 aromatic rings. The highest BCUT2D eigenvalue weighted by molar-refractivity contribution is 5.95. The zero-order chi connectivity index (χ0) is 15.7. The van der Waals surface area contributed by atoms with Crippen molar-refractivity contribution in [3.05, 3.63) is 30.3 Å². The molecule has 3 atom stereocenters. The molecule has 2 N–H and O–H groups in total. The van der Waals surface area contributed by atoms with Gasteiger partial charge in [-0.15, -0.1) is 0 Å². The number of carbonyl (C=O) groups excluding carboxylic acids is 1. The molecule has 1 saturated carbocycles. The first-order valence-corrected chi connectivity index (χ1v) is 8.41. The van der Waals surface area contributed by atoms with E-state index in [4.69, 9.17) is 5.73 Å². The Morgan fingerprint density at radius 1 is 1.27 bits per heavy atom. The van der Waals surface area contributed by atoms with E-state index in [1.165, 1.54) is 6.42 Å². The predicted molar refractivity (Wildman–Crippen MR) is 89.7 cm³/mol. The molecule has 1 aliphatic heterocycles. The highest BCUT2D eigenvalue weighted by Gasteiger charge is 2.41. The zero-order valence-electron chi connectivity index (χ0n) is 13.6. The smallest absolute Gasteiger partial charge is 0.241 e. The fourth-order valence-electron chi connectivity index (χ4n) is 4.12. The Kier molecular flexibility index (Phi) is 4.50. The number of fused-ring (bicyclic) bond motifs is 1. The average molecular weight is 301 g/mol. The Labute approximate surface area is 133 Å². The Morgan fingerprint density at radius 2 is 2.00 bits per heavy atom. The summed E-state index contributed by atoms with van der Waals surface area (Å²) in [5.41, 5.74) is 7.17. The maximum Gasteiger partial charge on any atom is 0.241 e. The monoisotopic (exact) mass is 301 g/mol. The Morgan fingerprint density at radius 3 is 2.64 bits per heavy atom. The molecule has 1 saturated heterocycles. The van der Waals surface area contributed by atoms with Gasteiger partial charge in [0.25, 0.3) is 0 Å². The van der Waals surface area contributed by atoms with Crippen molar-refractivity contribution < 1.29 is 4.79 Å². The fourth-order valence-corrected chi connectivity index (χ4v) is 4.12. The number of hydrogen-bond donors (Lipinski definition) is 1. The van der Waals surface area contributed by atoms with Gasteiger partial charge in [0, 0.05) is 30.9 Å². The van der Waals surface area contributed by atoms with Crippen molar-refractivity contribution in [3.8, 4) is 0 Å². The van der Waals surface area contributed by atoms with Crippen LogP contribution in [-0.2, 0) is 4.79 Å². The van der Waals surface area contributed by atoms with E-state index < -0.39 is 0 Å². The first kappa shape index (κ1) is 15.5. The van der Waals surface area contributed by atoms with E-state index in [0.29, 0.717) is 24.4 Å². The van der Waals surface area contributed by atoms with Crippen LogP contribution in [-0.4, -0.2) is 42.5 Å². The number of hydrogen-bond acceptors (Lipinski definition) is 3. The van der Waals surface area contributed by atoms with E-state index in [0.717, 1.165) is 25.2 Å². The van der Waals surface area contributed by atoms with Crippen LogP contribution in [0.2, 0.25) is 0 Å². The van der Waals surface area contributed by atoms with Crippen LogP contribution < -0.4 is 10.6 Å². The first-order chi connectivity index (χ1) is 10.6. The van der Waals surface area contributed by atoms with Crippen LogP contribution in [0, 0.1) is 11.8 Å².